The molecule has 2 aromatic carbocycles. The third kappa shape index (κ3) is 3.60. The van der Waals surface area contributed by atoms with Crippen LogP contribution in [0, 0.1) is 13.8 Å². The van der Waals surface area contributed by atoms with Gasteiger partial charge in [0.05, 0.1) is 16.4 Å². The zero-order valence-corrected chi connectivity index (χ0v) is 18.3. The van der Waals surface area contributed by atoms with Gasteiger partial charge in [-0.25, -0.2) is 9.69 Å². The van der Waals surface area contributed by atoms with E-state index in [1.807, 2.05) is 30.5 Å². The largest absolute Gasteiger partial charge is 0.333 e. The van der Waals surface area contributed by atoms with Crippen molar-refractivity contribution in [2.45, 2.75) is 13.8 Å². The summed E-state index contributed by atoms with van der Waals surface area (Å²) < 4.78 is 1.98. The zero-order chi connectivity index (χ0) is 21.6. The van der Waals surface area contributed by atoms with Crippen molar-refractivity contribution >= 4 is 58.5 Å². The van der Waals surface area contributed by atoms with Crippen LogP contribution in [0.2, 0.25) is 15.1 Å². The van der Waals surface area contributed by atoms with Crippen LogP contribution in [0.4, 0.5) is 10.5 Å². The molecule has 2 heterocycles. The summed E-state index contributed by atoms with van der Waals surface area (Å²) >= 11 is 18.3. The second kappa shape index (κ2) is 7.84. The molecule has 3 amide bonds. The maximum absolute atomic E-state index is 12.9. The minimum Gasteiger partial charge on any atom is -0.316 e. The molecule has 0 atom stereocenters. The lowest BCUT2D eigenvalue weighted by Crippen LogP contribution is -2.30. The first-order valence-electron chi connectivity index (χ1n) is 9.03. The summed E-state index contributed by atoms with van der Waals surface area (Å²) in [5.74, 6) is -0.434. The van der Waals surface area contributed by atoms with Gasteiger partial charge >= 0.3 is 6.03 Å². The molecule has 1 aliphatic rings. The van der Waals surface area contributed by atoms with Crippen molar-refractivity contribution < 1.29 is 9.59 Å². The number of halogens is 3. The van der Waals surface area contributed by atoms with Crippen LogP contribution in [0.25, 0.3) is 11.8 Å². The van der Waals surface area contributed by atoms with Gasteiger partial charge in [0, 0.05) is 21.4 Å². The average molecular weight is 461 g/mol. The number of hydrogen-bond acceptors (Lipinski definition) is 2. The Morgan fingerprint density at radius 2 is 1.57 bits per heavy atom. The van der Waals surface area contributed by atoms with Gasteiger partial charge in [0.2, 0.25) is 0 Å². The number of carbonyl (C=O) groups is 2. The van der Waals surface area contributed by atoms with Gasteiger partial charge in [0.15, 0.2) is 0 Å². The van der Waals surface area contributed by atoms with Crippen LogP contribution >= 0.6 is 34.8 Å². The third-order valence-corrected chi connectivity index (χ3v) is 5.67. The fourth-order valence-electron chi connectivity index (χ4n) is 3.48. The second-order valence-corrected chi connectivity index (χ2v) is 8.14. The molecule has 1 N–H and O–H groups in total. The molecule has 1 saturated heterocycles. The number of urea groups is 1. The van der Waals surface area contributed by atoms with Gasteiger partial charge < -0.3 is 9.88 Å². The molecule has 3 aromatic rings. The molecule has 5 nitrogen and oxygen atoms in total. The molecule has 30 heavy (non-hydrogen) atoms. The Labute approximate surface area is 188 Å². The van der Waals surface area contributed by atoms with Crippen molar-refractivity contribution in [1.29, 1.82) is 0 Å². The number of hydrogen-bond donors (Lipinski definition) is 1. The average Bonchev–Trinajstić information content (AvgIpc) is 3.12. The zero-order valence-electron chi connectivity index (χ0n) is 16.0. The first-order chi connectivity index (χ1) is 14.3. The Morgan fingerprint density at radius 1 is 0.900 bits per heavy atom. The summed E-state index contributed by atoms with van der Waals surface area (Å²) in [6.07, 6.45) is 1.67. The Kier molecular flexibility index (Phi) is 5.36. The number of amides is 3. The summed E-state index contributed by atoms with van der Waals surface area (Å²) in [6, 6.07) is 13.2. The quantitative estimate of drug-likeness (QED) is 0.376. The lowest BCUT2D eigenvalue weighted by Gasteiger charge is -2.12. The molecule has 152 valence electrons. The summed E-state index contributed by atoms with van der Waals surface area (Å²) in [6.45, 7) is 3.86. The summed E-state index contributed by atoms with van der Waals surface area (Å²) in [4.78, 5) is 26.4. The molecule has 0 unspecified atom stereocenters. The Balaban J connectivity index is 1.71. The van der Waals surface area contributed by atoms with Crippen LogP contribution < -0.4 is 10.2 Å². The first kappa shape index (κ1) is 20.5. The van der Waals surface area contributed by atoms with Gasteiger partial charge in [0.25, 0.3) is 5.91 Å². The van der Waals surface area contributed by atoms with Crippen molar-refractivity contribution in [3.63, 3.8) is 0 Å². The maximum Gasteiger partial charge on any atom is 0.333 e. The summed E-state index contributed by atoms with van der Waals surface area (Å²) in [5, 5.41) is 4.23. The number of nitrogens with one attached hydrogen (secondary N) is 1. The Hall–Kier alpha value is -2.73. The molecule has 1 aliphatic heterocycles. The smallest absolute Gasteiger partial charge is 0.316 e. The number of imide groups is 1. The van der Waals surface area contributed by atoms with E-state index in [0.29, 0.717) is 20.8 Å². The van der Waals surface area contributed by atoms with Crippen LogP contribution in [-0.4, -0.2) is 16.5 Å². The minimum absolute atomic E-state index is 0.192. The number of carbonyl (C=O) groups excluding carboxylic acids is 2. The fraction of sp³-hybridized carbons (Fsp3) is 0.0909. The molecule has 8 heteroatoms. The minimum atomic E-state index is -0.511. The van der Waals surface area contributed by atoms with Gasteiger partial charge in [-0.2, -0.15) is 0 Å². The number of nitrogens with zero attached hydrogens (tertiary/aromatic N) is 2. The van der Waals surface area contributed by atoms with Crippen LogP contribution in [0.3, 0.4) is 0 Å². The molecule has 1 aromatic heterocycles. The standard InChI is InChI=1S/C22H16Cl3N3O2/c1-12-9-14(13(2)27(12)20-8-5-16(24)11-18(20)25)10-19-21(29)28(22(30)26-19)17-6-3-15(23)4-7-17/h3-11H,1-2H3,(H,26,30)/b19-10+. The molecule has 1 fully saturated rings. The van der Waals surface area contributed by atoms with E-state index in [1.54, 1.807) is 42.5 Å². The first-order valence-corrected chi connectivity index (χ1v) is 10.2. The summed E-state index contributed by atoms with van der Waals surface area (Å²) in [7, 11) is 0. The van der Waals surface area contributed by atoms with E-state index < -0.39 is 11.9 Å². The van der Waals surface area contributed by atoms with Gasteiger partial charge in [0.1, 0.15) is 5.70 Å². The molecule has 0 aliphatic carbocycles. The van der Waals surface area contributed by atoms with Crippen molar-refractivity contribution in [3.8, 4) is 5.69 Å². The van der Waals surface area contributed by atoms with Crippen LogP contribution in [0.15, 0.2) is 54.2 Å². The second-order valence-electron chi connectivity index (χ2n) is 6.86. The van der Waals surface area contributed by atoms with E-state index in [9.17, 15) is 9.59 Å². The van der Waals surface area contributed by atoms with Crippen molar-refractivity contribution in [2.24, 2.45) is 0 Å². The molecule has 0 bridgehead atoms. The normalized spacial score (nSPS) is 15.2. The topological polar surface area (TPSA) is 54.3 Å². The Morgan fingerprint density at radius 3 is 2.23 bits per heavy atom. The van der Waals surface area contributed by atoms with E-state index in [2.05, 4.69) is 5.32 Å². The van der Waals surface area contributed by atoms with E-state index in [1.165, 1.54) is 0 Å². The van der Waals surface area contributed by atoms with Crippen molar-refractivity contribution in [3.05, 3.63) is 86.2 Å². The molecule has 0 spiro atoms. The van der Waals surface area contributed by atoms with Gasteiger partial charge in [-0.3, -0.25) is 4.79 Å². The van der Waals surface area contributed by atoms with Gasteiger partial charge in [-0.15, -0.1) is 0 Å². The van der Waals surface area contributed by atoms with E-state index in [-0.39, 0.29) is 5.70 Å². The highest BCUT2D eigenvalue weighted by Gasteiger charge is 2.35. The van der Waals surface area contributed by atoms with E-state index in [0.717, 1.165) is 27.5 Å². The fourth-order valence-corrected chi connectivity index (χ4v) is 4.10. The lowest BCUT2D eigenvalue weighted by molar-refractivity contribution is -0.113. The van der Waals surface area contributed by atoms with Crippen LogP contribution in [0.5, 0.6) is 0 Å². The molecular formula is C22H16Cl3N3O2. The van der Waals surface area contributed by atoms with Crippen molar-refractivity contribution in [1.82, 2.24) is 9.88 Å². The number of benzene rings is 2. The highest BCUT2D eigenvalue weighted by molar-refractivity contribution is 6.35. The van der Waals surface area contributed by atoms with Crippen LogP contribution in [-0.2, 0) is 4.79 Å². The molecule has 0 radical (unpaired) electrons. The van der Waals surface area contributed by atoms with Gasteiger partial charge in [-0.05, 0) is 74.0 Å². The highest BCUT2D eigenvalue weighted by Crippen LogP contribution is 2.30. The molecule has 0 saturated carbocycles. The molecule has 4 rings (SSSR count). The van der Waals surface area contributed by atoms with E-state index >= 15 is 0 Å². The number of aromatic nitrogens is 1. The highest BCUT2D eigenvalue weighted by atomic mass is 35.5. The predicted octanol–water partition coefficient (Wildman–Crippen LogP) is 6.15. The number of anilines is 1. The Bertz CT molecular complexity index is 1210. The van der Waals surface area contributed by atoms with E-state index in [4.69, 9.17) is 34.8 Å². The number of aryl methyl sites for hydroxylation is 1. The number of rotatable bonds is 3. The van der Waals surface area contributed by atoms with Gasteiger partial charge in [-0.1, -0.05) is 34.8 Å². The van der Waals surface area contributed by atoms with Crippen LogP contribution in [0.1, 0.15) is 17.0 Å². The lowest BCUT2D eigenvalue weighted by atomic mass is 10.2. The SMILES string of the molecule is Cc1cc(/C=C2/NC(=O)N(c3ccc(Cl)cc3)C2=O)c(C)n1-c1ccc(Cl)cc1Cl. The third-order valence-electron chi connectivity index (χ3n) is 4.88. The predicted molar refractivity (Wildman–Crippen MR) is 121 cm³/mol. The summed E-state index contributed by atoms with van der Waals surface area (Å²) in [5.41, 5.74) is 4.01. The van der Waals surface area contributed by atoms with Crippen molar-refractivity contribution in [2.75, 3.05) is 4.90 Å². The maximum atomic E-state index is 12.9. The molecular weight excluding hydrogens is 445 g/mol. The monoisotopic (exact) mass is 459 g/mol.